The Morgan fingerprint density at radius 3 is 2.12 bits per heavy atom. The highest BCUT2D eigenvalue weighted by Gasteiger charge is 2.28. The van der Waals surface area contributed by atoms with Crippen LogP contribution in [-0.4, -0.2) is 20.8 Å². The zero-order valence-electron chi connectivity index (χ0n) is 12.3. The number of fused-ring (bicyclic) bond motifs is 1. The van der Waals surface area contributed by atoms with Gasteiger partial charge in [-0.15, -0.1) is 0 Å². The highest BCUT2D eigenvalue weighted by Crippen LogP contribution is 2.31. The second-order valence-electron chi connectivity index (χ2n) is 5.21. The highest BCUT2D eigenvalue weighted by atomic mass is 35.7. The first-order valence-electron chi connectivity index (χ1n) is 6.68. The molecule has 0 aliphatic rings. The molecule has 2 aromatic carbocycles. The van der Waals surface area contributed by atoms with Gasteiger partial charge >= 0.3 is 0 Å². The molecule has 1 heterocycles. The number of rotatable bonds is 3. The van der Waals surface area contributed by atoms with Crippen molar-refractivity contribution in [3.8, 4) is 0 Å². The van der Waals surface area contributed by atoms with Crippen LogP contribution in [0.25, 0.3) is 10.9 Å². The van der Waals surface area contributed by atoms with Crippen LogP contribution < -0.4 is 0 Å². The van der Waals surface area contributed by atoms with Gasteiger partial charge in [0.05, 0.1) is 10.4 Å². The van der Waals surface area contributed by atoms with Crippen LogP contribution >= 0.6 is 22.3 Å². The molecule has 0 spiro atoms. The lowest BCUT2D eigenvalue weighted by molar-refractivity contribution is 0.578. The van der Waals surface area contributed by atoms with Gasteiger partial charge in [-0.05, 0) is 37.3 Å². The van der Waals surface area contributed by atoms with Crippen molar-refractivity contribution in [1.29, 1.82) is 0 Å². The quantitative estimate of drug-likeness (QED) is 0.623. The molecule has 0 bridgehead atoms. The predicted octanol–water partition coefficient (Wildman–Crippen LogP) is 3.77. The second-order valence-corrected chi connectivity index (χ2v) is 9.94. The van der Waals surface area contributed by atoms with Crippen LogP contribution in [0.15, 0.2) is 58.5 Å². The smallest absolute Gasteiger partial charge is 0.221 e. The van der Waals surface area contributed by atoms with E-state index in [0.717, 1.165) is 5.56 Å². The summed E-state index contributed by atoms with van der Waals surface area (Å²) in [7, 11) is -3.02. The Balaban J connectivity index is 2.43. The molecule has 0 amide bonds. The minimum atomic E-state index is -4.29. The van der Waals surface area contributed by atoms with Gasteiger partial charge in [-0.2, -0.15) is 0 Å². The third-order valence-corrected chi connectivity index (χ3v) is 6.87. The summed E-state index contributed by atoms with van der Waals surface area (Å²) in [5.41, 5.74) is 1.02. The second kappa shape index (κ2) is 5.77. The minimum Gasteiger partial charge on any atom is -0.221 e. The first-order valence-corrected chi connectivity index (χ1v) is 10.8. The van der Waals surface area contributed by atoms with Crippen molar-refractivity contribution >= 4 is 52.3 Å². The molecule has 0 N–H and O–H groups in total. The van der Waals surface area contributed by atoms with Crippen molar-refractivity contribution in [2.45, 2.75) is 16.8 Å². The Morgan fingerprint density at radius 2 is 1.54 bits per heavy atom. The number of benzene rings is 2. The van der Waals surface area contributed by atoms with Crippen molar-refractivity contribution in [2.75, 3.05) is 0 Å². The minimum absolute atomic E-state index is 0.0489. The van der Waals surface area contributed by atoms with E-state index in [9.17, 15) is 16.8 Å². The van der Waals surface area contributed by atoms with Gasteiger partial charge in [0.2, 0.25) is 0 Å². The Morgan fingerprint density at radius 1 is 0.917 bits per heavy atom. The number of halogens is 2. The summed E-state index contributed by atoms with van der Waals surface area (Å²) >= 11 is 5.94. The molecule has 0 atom stereocenters. The molecule has 0 aliphatic heterocycles. The van der Waals surface area contributed by atoms with Crippen LogP contribution in [0.3, 0.4) is 0 Å². The van der Waals surface area contributed by atoms with E-state index in [1.165, 1.54) is 36.4 Å². The summed E-state index contributed by atoms with van der Waals surface area (Å²) in [6.45, 7) is 1.82. The van der Waals surface area contributed by atoms with Crippen LogP contribution in [0.1, 0.15) is 5.56 Å². The molecule has 3 aromatic rings. The van der Waals surface area contributed by atoms with Crippen molar-refractivity contribution in [3.63, 3.8) is 0 Å². The molecular formula is C15H11Cl2NO4S2. The van der Waals surface area contributed by atoms with E-state index < -0.39 is 24.1 Å². The van der Waals surface area contributed by atoms with Crippen molar-refractivity contribution in [1.82, 2.24) is 3.97 Å². The highest BCUT2D eigenvalue weighted by molar-refractivity contribution is 8.14. The molecule has 0 radical (unpaired) electrons. The van der Waals surface area contributed by atoms with Gasteiger partial charge in [0.15, 0.2) is 5.03 Å². The summed E-state index contributed by atoms with van der Waals surface area (Å²) in [5, 5.41) is 0.149. The molecule has 0 fully saturated rings. The third kappa shape index (κ3) is 2.93. The number of nitrogens with zero attached hydrogens (tertiary/aromatic N) is 1. The lowest BCUT2D eigenvalue weighted by Gasteiger charge is -2.10. The van der Waals surface area contributed by atoms with Crippen LogP contribution in [0, 0.1) is 6.92 Å². The van der Waals surface area contributed by atoms with Crippen molar-refractivity contribution < 1.29 is 16.8 Å². The summed E-state index contributed by atoms with van der Waals surface area (Å²) in [6, 6.07) is 11.7. The van der Waals surface area contributed by atoms with Crippen LogP contribution in [0.4, 0.5) is 0 Å². The number of aryl methyl sites for hydroxylation is 1. The van der Waals surface area contributed by atoms with Gasteiger partial charge in [0, 0.05) is 21.1 Å². The van der Waals surface area contributed by atoms with Gasteiger partial charge in [0.1, 0.15) is 0 Å². The number of hydrogen-bond acceptors (Lipinski definition) is 4. The maximum absolute atomic E-state index is 13.0. The summed E-state index contributed by atoms with van der Waals surface area (Å²) in [5.74, 6) is 0. The first kappa shape index (κ1) is 17.3. The maximum atomic E-state index is 13.0. The van der Waals surface area contributed by atoms with Crippen LogP contribution in [-0.2, 0) is 19.1 Å². The lowest BCUT2D eigenvalue weighted by atomic mass is 10.2. The fourth-order valence-electron chi connectivity index (χ4n) is 2.36. The third-order valence-electron chi connectivity index (χ3n) is 3.50. The number of hydrogen-bond donors (Lipinski definition) is 0. The molecule has 9 heteroatoms. The van der Waals surface area contributed by atoms with E-state index in [1.54, 1.807) is 12.1 Å². The van der Waals surface area contributed by atoms with Crippen LogP contribution in [0.2, 0.25) is 5.02 Å². The van der Waals surface area contributed by atoms with Gasteiger partial charge in [0.25, 0.3) is 19.1 Å². The molecular weight excluding hydrogens is 393 g/mol. The molecule has 126 valence electrons. The largest absolute Gasteiger partial charge is 0.277 e. The average molecular weight is 404 g/mol. The molecule has 24 heavy (non-hydrogen) atoms. The van der Waals surface area contributed by atoms with Crippen molar-refractivity contribution in [3.05, 3.63) is 59.1 Å². The van der Waals surface area contributed by atoms with E-state index in [-0.39, 0.29) is 15.4 Å². The Labute approximate surface area is 148 Å². The predicted molar refractivity (Wildman–Crippen MR) is 93.7 cm³/mol. The van der Waals surface area contributed by atoms with E-state index in [0.29, 0.717) is 9.36 Å². The average Bonchev–Trinajstić information content (AvgIpc) is 2.87. The SMILES string of the molecule is Cc1ccc(S(=O)(=O)n2c(S(=O)(=O)Cl)cc3ccc(Cl)cc32)cc1. The Bertz CT molecular complexity index is 1150. The van der Waals surface area contributed by atoms with E-state index in [4.69, 9.17) is 22.3 Å². The lowest BCUT2D eigenvalue weighted by Crippen LogP contribution is -2.16. The fraction of sp³-hybridized carbons (Fsp3) is 0.0667. The number of aromatic nitrogens is 1. The Kier molecular flexibility index (Phi) is 4.16. The zero-order chi connectivity index (χ0) is 17.7. The fourth-order valence-corrected chi connectivity index (χ4v) is 5.54. The normalized spacial score (nSPS) is 12.6. The molecule has 0 aliphatic carbocycles. The van der Waals surface area contributed by atoms with E-state index in [1.807, 2.05) is 6.92 Å². The molecule has 1 aromatic heterocycles. The molecule has 0 unspecified atom stereocenters. The van der Waals surface area contributed by atoms with Gasteiger partial charge in [-0.1, -0.05) is 35.4 Å². The molecule has 0 saturated carbocycles. The topological polar surface area (TPSA) is 73.2 Å². The van der Waals surface area contributed by atoms with Gasteiger partial charge in [-0.3, -0.25) is 0 Å². The van der Waals surface area contributed by atoms with Crippen molar-refractivity contribution in [2.24, 2.45) is 0 Å². The molecule has 0 saturated heterocycles. The van der Waals surface area contributed by atoms with E-state index >= 15 is 0 Å². The van der Waals surface area contributed by atoms with Gasteiger partial charge < -0.3 is 0 Å². The summed E-state index contributed by atoms with van der Waals surface area (Å²) < 4.78 is 50.5. The maximum Gasteiger partial charge on any atom is 0.277 e. The molecule has 3 rings (SSSR count). The van der Waals surface area contributed by atoms with Crippen LogP contribution in [0.5, 0.6) is 0 Å². The zero-order valence-corrected chi connectivity index (χ0v) is 15.4. The summed E-state index contributed by atoms with van der Waals surface area (Å²) in [6.07, 6.45) is 0. The Hall–Kier alpha value is -1.54. The standard InChI is InChI=1S/C15H11Cl2NO4S2/c1-10-2-6-13(7-3-10)24(21,22)18-14-9-12(16)5-4-11(14)8-15(18)23(17,19)20/h2-9H,1H3. The first-order chi connectivity index (χ1) is 11.1. The monoisotopic (exact) mass is 403 g/mol. The van der Waals surface area contributed by atoms with E-state index in [2.05, 4.69) is 0 Å². The van der Waals surface area contributed by atoms with Gasteiger partial charge in [-0.25, -0.2) is 20.8 Å². The summed E-state index contributed by atoms with van der Waals surface area (Å²) in [4.78, 5) is -0.0489. The molecule has 5 nitrogen and oxygen atoms in total.